The molecule has 1 atom stereocenters. The summed E-state index contributed by atoms with van der Waals surface area (Å²) in [6.07, 6.45) is 2.57. The van der Waals surface area contributed by atoms with Gasteiger partial charge in [0.15, 0.2) is 0 Å². The Morgan fingerprint density at radius 2 is 1.92 bits per heavy atom. The molecule has 1 fully saturated rings. The van der Waals surface area contributed by atoms with Crippen molar-refractivity contribution in [1.82, 2.24) is 10.2 Å². The van der Waals surface area contributed by atoms with E-state index in [1.807, 2.05) is 12.1 Å². The first-order chi connectivity index (χ1) is 12.1. The maximum Gasteiger partial charge on any atom is 0.251 e. The second-order valence-electron chi connectivity index (χ2n) is 6.54. The molecule has 132 valence electrons. The summed E-state index contributed by atoms with van der Waals surface area (Å²) in [7, 11) is 3.31. The lowest BCUT2D eigenvalue weighted by atomic mass is 9.97. The van der Waals surface area contributed by atoms with Gasteiger partial charge in [-0.1, -0.05) is 18.2 Å². The van der Waals surface area contributed by atoms with Crippen LogP contribution in [0.2, 0.25) is 0 Å². The fourth-order valence-electron chi connectivity index (χ4n) is 3.52. The summed E-state index contributed by atoms with van der Waals surface area (Å²) in [4.78, 5) is 14.5. The molecule has 0 aromatic heterocycles. The third kappa shape index (κ3) is 3.69. The van der Waals surface area contributed by atoms with Gasteiger partial charge in [-0.15, -0.1) is 0 Å². The predicted octanol–water partition coefficient (Wildman–Crippen LogP) is 3.88. The van der Waals surface area contributed by atoms with Gasteiger partial charge in [0.1, 0.15) is 5.75 Å². The van der Waals surface area contributed by atoms with Crippen molar-refractivity contribution in [2.24, 2.45) is 0 Å². The predicted molar refractivity (Wildman–Crippen MR) is 101 cm³/mol. The molecule has 2 aromatic rings. The fraction of sp³-hybridized carbons (Fsp3) is 0.381. The van der Waals surface area contributed by atoms with Gasteiger partial charge in [0.2, 0.25) is 0 Å². The van der Waals surface area contributed by atoms with Crippen molar-refractivity contribution in [3.63, 3.8) is 0 Å². The van der Waals surface area contributed by atoms with Gasteiger partial charge in [-0.2, -0.15) is 0 Å². The van der Waals surface area contributed by atoms with Crippen LogP contribution in [-0.2, 0) is 0 Å². The van der Waals surface area contributed by atoms with Crippen molar-refractivity contribution in [2.45, 2.75) is 25.8 Å². The molecule has 4 nitrogen and oxygen atoms in total. The number of nitrogens with zero attached hydrogens (tertiary/aromatic N) is 1. The molecule has 3 rings (SSSR count). The van der Waals surface area contributed by atoms with Gasteiger partial charge in [0.05, 0.1) is 7.11 Å². The molecule has 1 aliphatic heterocycles. The Morgan fingerprint density at radius 3 is 2.60 bits per heavy atom. The van der Waals surface area contributed by atoms with E-state index in [1.165, 1.54) is 31.5 Å². The van der Waals surface area contributed by atoms with Crippen LogP contribution < -0.4 is 10.1 Å². The van der Waals surface area contributed by atoms with Crippen LogP contribution in [0.1, 0.15) is 41.7 Å². The minimum absolute atomic E-state index is 0.0921. The summed E-state index contributed by atoms with van der Waals surface area (Å²) < 4.78 is 5.53. The van der Waals surface area contributed by atoms with E-state index in [2.05, 4.69) is 41.4 Å². The lowest BCUT2D eigenvalue weighted by Crippen LogP contribution is -2.23. The molecule has 0 saturated carbocycles. The second-order valence-corrected chi connectivity index (χ2v) is 6.54. The first-order valence-corrected chi connectivity index (χ1v) is 8.88. The highest BCUT2D eigenvalue weighted by molar-refractivity contribution is 5.96. The van der Waals surface area contributed by atoms with E-state index in [1.54, 1.807) is 20.2 Å². The molecule has 1 saturated heterocycles. The van der Waals surface area contributed by atoms with E-state index in [0.717, 1.165) is 16.9 Å². The van der Waals surface area contributed by atoms with Crippen LogP contribution >= 0.6 is 0 Å². The first kappa shape index (κ1) is 17.5. The number of rotatable bonds is 5. The Bertz CT molecular complexity index is 751. The number of hydrogen-bond donors (Lipinski definition) is 1. The molecule has 0 aliphatic carbocycles. The highest BCUT2D eigenvalue weighted by Gasteiger charge is 2.20. The van der Waals surface area contributed by atoms with E-state index >= 15 is 0 Å². The van der Waals surface area contributed by atoms with Crippen molar-refractivity contribution in [3.05, 3.63) is 53.6 Å². The quantitative estimate of drug-likeness (QED) is 0.899. The zero-order valence-corrected chi connectivity index (χ0v) is 15.2. The summed E-state index contributed by atoms with van der Waals surface area (Å²) in [5, 5.41) is 2.68. The molecule has 2 aromatic carbocycles. The largest absolute Gasteiger partial charge is 0.496 e. The smallest absolute Gasteiger partial charge is 0.251 e. The van der Waals surface area contributed by atoms with Gasteiger partial charge in [-0.3, -0.25) is 9.69 Å². The van der Waals surface area contributed by atoms with Crippen LogP contribution in [0, 0.1) is 0 Å². The summed E-state index contributed by atoms with van der Waals surface area (Å²) in [6, 6.07) is 14.5. The number of ether oxygens (including phenoxy) is 1. The topological polar surface area (TPSA) is 41.6 Å². The number of hydrogen-bond acceptors (Lipinski definition) is 3. The summed E-state index contributed by atoms with van der Waals surface area (Å²) in [5.74, 6) is 0.684. The van der Waals surface area contributed by atoms with Crippen molar-refractivity contribution < 1.29 is 9.53 Å². The average Bonchev–Trinajstić information content (AvgIpc) is 3.21. The Labute approximate surface area is 149 Å². The highest BCUT2D eigenvalue weighted by atomic mass is 16.5. The monoisotopic (exact) mass is 338 g/mol. The minimum Gasteiger partial charge on any atom is -0.496 e. The Hall–Kier alpha value is -2.33. The number of benzene rings is 2. The molecule has 0 unspecified atom stereocenters. The molecular formula is C21H26N2O2. The van der Waals surface area contributed by atoms with Gasteiger partial charge in [-0.05, 0) is 68.2 Å². The Morgan fingerprint density at radius 1 is 1.16 bits per heavy atom. The van der Waals surface area contributed by atoms with Gasteiger partial charge in [-0.25, -0.2) is 0 Å². The zero-order chi connectivity index (χ0) is 17.8. The van der Waals surface area contributed by atoms with Crippen LogP contribution in [0.3, 0.4) is 0 Å². The zero-order valence-electron chi connectivity index (χ0n) is 15.2. The van der Waals surface area contributed by atoms with Crippen molar-refractivity contribution in [3.8, 4) is 16.9 Å². The third-order valence-electron chi connectivity index (χ3n) is 5.06. The lowest BCUT2D eigenvalue weighted by Gasteiger charge is -2.24. The molecule has 4 heteroatoms. The first-order valence-electron chi connectivity index (χ1n) is 8.88. The van der Waals surface area contributed by atoms with Crippen LogP contribution in [0.25, 0.3) is 11.1 Å². The molecule has 0 radical (unpaired) electrons. The Balaban J connectivity index is 1.98. The molecule has 1 N–H and O–H groups in total. The molecule has 0 bridgehead atoms. The Kier molecular flexibility index (Phi) is 5.39. The van der Waals surface area contributed by atoms with Crippen LogP contribution in [0.4, 0.5) is 0 Å². The normalized spacial score (nSPS) is 15.8. The number of nitrogens with one attached hydrogen (secondary N) is 1. The third-order valence-corrected chi connectivity index (χ3v) is 5.06. The van der Waals surface area contributed by atoms with Crippen molar-refractivity contribution in [2.75, 3.05) is 27.2 Å². The number of carbonyl (C=O) groups is 1. The molecule has 1 aliphatic rings. The van der Waals surface area contributed by atoms with Crippen LogP contribution in [0.5, 0.6) is 5.75 Å². The average molecular weight is 338 g/mol. The number of methoxy groups -OCH3 is 1. The maximum atomic E-state index is 12.0. The SMILES string of the molecule is CNC(=O)c1ccc(OC)c(-c2cccc([C@H](C)N3CCCC3)c2)c1. The van der Waals surface area contributed by atoms with Crippen LogP contribution in [0.15, 0.2) is 42.5 Å². The number of carbonyl (C=O) groups excluding carboxylic acids is 1. The van der Waals surface area contributed by atoms with Gasteiger partial charge >= 0.3 is 0 Å². The van der Waals surface area contributed by atoms with E-state index in [0.29, 0.717) is 11.6 Å². The second kappa shape index (κ2) is 7.70. The summed E-state index contributed by atoms with van der Waals surface area (Å²) in [6.45, 7) is 4.60. The summed E-state index contributed by atoms with van der Waals surface area (Å²) >= 11 is 0. The number of likely N-dealkylation sites (tertiary alicyclic amines) is 1. The molecule has 1 amide bonds. The maximum absolute atomic E-state index is 12.0. The van der Waals surface area contributed by atoms with Gasteiger partial charge in [0.25, 0.3) is 5.91 Å². The summed E-state index contributed by atoms with van der Waals surface area (Å²) in [5.41, 5.74) is 3.95. The molecule has 1 heterocycles. The van der Waals surface area contributed by atoms with E-state index in [-0.39, 0.29) is 5.91 Å². The van der Waals surface area contributed by atoms with Gasteiger partial charge in [0, 0.05) is 24.2 Å². The molecule has 25 heavy (non-hydrogen) atoms. The van der Waals surface area contributed by atoms with Crippen molar-refractivity contribution in [1.29, 1.82) is 0 Å². The van der Waals surface area contributed by atoms with Crippen LogP contribution in [-0.4, -0.2) is 38.1 Å². The van der Waals surface area contributed by atoms with E-state index in [4.69, 9.17) is 4.74 Å². The van der Waals surface area contributed by atoms with Crippen molar-refractivity contribution >= 4 is 5.91 Å². The highest BCUT2D eigenvalue weighted by Crippen LogP contribution is 2.33. The lowest BCUT2D eigenvalue weighted by molar-refractivity contribution is 0.0963. The van der Waals surface area contributed by atoms with Gasteiger partial charge < -0.3 is 10.1 Å². The van der Waals surface area contributed by atoms with E-state index in [9.17, 15) is 4.79 Å². The molecular weight excluding hydrogens is 312 g/mol. The minimum atomic E-state index is -0.0921. The molecule has 0 spiro atoms. The fourth-order valence-corrected chi connectivity index (χ4v) is 3.52. The number of amides is 1. The van der Waals surface area contributed by atoms with E-state index < -0.39 is 0 Å². The standard InChI is InChI=1S/C21H26N2O2/c1-15(23-11-4-5-12-23)16-7-6-8-17(13-16)19-14-18(21(24)22-2)9-10-20(19)25-3/h6-10,13-15H,4-5,11-12H2,1-3H3,(H,22,24)/t15-/m0/s1.